The third-order valence-electron chi connectivity index (χ3n) is 4.94. The van der Waals surface area contributed by atoms with E-state index in [2.05, 4.69) is 5.32 Å². The zero-order valence-electron chi connectivity index (χ0n) is 12.3. The summed E-state index contributed by atoms with van der Waals surface area (Å²) >= 11 is 5.95. The molecule has 1 saturated carbocycles. The highest BCUT2D eigenvalue weighted by molar-refractivity contribution is 6.30. The molecule has 0 saturated heterocycles. The average Bonchev–Trinajstić information content (AvgIpc) is 3.19. The van der Waals surface area contributed by atoms with Crippen molar-refractivity contribution in [2.24, 2.45) is 0 Å². The number of hydrogen-bond acceptors (Lipinski definition) is 2. The minimum Gasteiger partial charge on any atom is -0.469 e. The van der Waals surface area contributed by atoms with Crippen LogP contribution in [0.3, 0.4) is 0 Å². The minimum atomic E-state index is -0.355. The van der Waals surface area contributed by atoms with Crippen molar-refractivity contribution in [3.63, 3.8) is 0 Å². The van der Waals surface area contributed by atoms with E-state index in [1.807, 2.05) is 30.3 Å². The molecule has 114 valence electrons. The van der Waals surface area contributed by atoms with Crippen LogP contribution in [0.15, 0.2) is 41.0 Å². The zero-order valence-corrected chi connectivity index (χ0v) is 13.0. The van der Waals surface area contributed by atoms with Crippen LogP contribution in [0, 0.1) is 0 Å². The maximum atomic E-state index is 12.8. The Balaban J connectivity index is 1.55. The second kappa shape index (κ2) is 5.17. The smallest absolute Gasteiger partial charge is 0.231 e. The Morgan fingerprint density at radius 3 is 2.73 bits per heavy atom. The molecule has 2 aromatic rings. The van der Waals surface area contributed by atoms with Crippen LogP contribution < -0.4 is 5.32 Å². The number of benzene rings is 1. The molecule has 2 aliphatic carbocycles. The molecule has 1 N–H and O–H groups in total. The molecule has 1 heterocycles. The molecule has 22 heavy (non-hydrogen) atoms. The van der Waals surface area contributed by atoms with Crippen molar-refractivity contribution in [2.45, 2.75) is 43.6 Å². The van der Waals surface area contributed by atoms with E-state index in [0.29, 0.717) is 5.02 Å². The fourth-order valence-corrected chi connectivity index (χ4v) is 3.60. The number of carbonyl (C=O) groups is 1. The second-order valence-corrected chi connectivity index (χ2v) is 6.74. The summed E-state index contributed by atoms with van der Waals surface area (Å²) in [5.74, 6) is 1.15. The first kappa shape index (κ1) is 13.9. The molecule has 1 amide bonds. The quantitative estimate of drug-likeness (QED) is 0.924. The molecule has 1 aromatic carbocycles. The van der Waals surface area contributed by atoms with Crippen molar-refractivity contribution in [3.05, 3.63) is 58.5 Å². The predicted molar refractivity (Wildman–Crippen MR) is 84.9 cm³/mol. The van der Waals surface area contributed by atoms with Crippen LogP contribution in [0.5, 0.6) is 0 Å². The van der Waals surface area contributed by atoms with Gasteiger partial charge in [0.15, 0.2) is 0 Å². The SMILES string of the molecule is O=C(NC1CCCc2occc21)C1(c2ccc(Cl)cc2)CC1. The maximum Gasteiger partial charge on any atom is 0.231 e. The first-order valence-electron chi connectivity index (χ1n) is 7.82. The molecule has 1 aromatic heterocycles. The summed E-state index contributed by atoms with van der Waals surface area (Å²) in [6.07, 6.45) is 6.55. The fourth-order valence-electron chi connectivity index (χ4n) is 3.47. The summed E-state index contributed by atoms with van der Waals surface area (Å²) in [5, 5.41) is 3.95. The Bertz CT molecular complexity index is 700. The lowest BCUT2D eigenvalue weighted by Crippen LogP contribution is -2.38. The molecular formula is C18H18ClNO2. The molecule has 1 atom stereocenters. The summed E-state index contributed by atoms with van der Waals surface area (Å²) in [4.78, 5) is 12.8. The van der Waals surface area contributed by atoms with Gasteiger partial charge in [0.1, 0.15) is 5.76 Å². The summed E-state index contributed by atoms with van der Waals surface area (Å²) in [6, 6.07) is 9.73. The third kappa shape index (κ3) is 2.24. The lowest BCUT2D eigenvalue weighted by molar-refractivity contribution is -0.124. The number of hydrogen-bond donors (Lipinski definition) is 1. The first-order valence-corrected chi connectivity index (χ1v) is 8.20. The molecular weight excluding hydrogens is 298 g/mol. The fraction of sp³-hybridized carbons (Fsp3) is 0.389. The predicted octanol–water partition coefficient (Wildman–Crippen LogP) is 4.16. The van der Waals surface area contributed by atoms with Crippen molar-refractivity contribution in [2.75, 3.05) is 0 Å². The van der Waals surface area contributed by atoms with Crippen LogP contribution in [0.4, 0.5) is 0 Å². The molecule has 4 heteroatoms. The molecule has 0 spiro atoms. The van der Waals surface area contributed by atoms with E-state index in [-0.39, 0.29) is 17.4 Å². The van der Waals surface area contributed by atoms with Gasteiger partial charge in [-0.2, -0.15) is 0 Å². The van der Waals surface area contributed by atoms with Crippen LogP contribution in [0.2, 0.25) is 5.02 Å². The van der Waals surface area contributed by atoms with E-state index in [4.69, 9.17) is 16.0 Å². The normalized spacial score (nSPS) is 22.0. The van der Waals surface area contributed by atoms with Crippen LogP contribution in [0.25, 0.3) is 0 Å². The zero-order chi connectivity index (χ0) is 15.2. The van der Waals surface area contributed by atoms with Gasteiger partial charge in [-0.25, -0.2) is 0 Å². The summed E-state index contributed by atoms with van der Waals surface area (Å²) in [6.45, 7) is 0. The summed E-state index contributed by atoms with van der Waals surface area (Å²) in [5.41, 5.74) is 1.86. The van der Waals surface area contributed by atoms with Crippen LogP contribution >= 0.6 is 11.6 Å². The van der Waals surface area contributed by atoms with Gasteiger partial charge in [0.05, 0.1) is 17.7 Å². The Kier molecular flexibility index (Phi) is 3.26. The van der Waals surface area contributed by atoms with Gasteiger partial charge in [0, 0.05) is 17.0 Å². The highest BCUT2D eigenvalue weighted by Gasteiger charge is 2.51. The standard InChI is InChI=1S/C18H18ClNO2/c19-13-6-4-12(5-7-13)18(9-10-18)17(21)20-15-2-1-3-16-14(15)8-11-22-16/h4-8,11,15H,1-3,9-10H2,(H,20,21). The van der Waals surface area contributed by atoms with Gasteiger partial charge in [-0.1, -0.05) is 23.7 Å². The van der Waals surface area contributed by atoms with Gasteiger partial charge in [-0.3, -0.25) is 4.79 Å². The Labute approximate surface area is 134 Å². The Morgan fingerprint density at radius 1 is 1.23 bits per heavy atom. The minimum absolute atomic E-state index is 0.0831. The van der Waals surface area contributed by atoms with Crippen LogP contribution in [-0.4, -0.2) is 5.91 Å². The molecule has 1 fully saturated rings. The number of halogens is 1. The van der Waals surface area contributed by atoms with Gasteiger partial charge in [0.2, 0.25) is 5.91 Å². The van der Waals surface area contributed by atoms with Gasteiger partial charge in [0.25, 0.3) is 0 Å². The third-order valence-corrected chi connectivity index (χ3v) is 5.19. The number of aryl methyl sites for hydroxylation is 1. The molecule has 2 aliphatic rings. The van der Waals surface area contributed by atoms with Gasteiger partial charge >= 0.3 is 0 Å². The number of carbonyl (C=O) groups excluding carboxylic acids is 1. The van der Waals surface area contributed by atoms with E-state index in [1.165, 1.54) is 0 Å². The lowest BCUT2D eigenvalue weighted by atomic mass is 9.90. The number of rotatable bonds is 3. The molecule has 1 unspecified atom stereocenters. The van der Waals surface area contributed by atoms with E-state index in [1.54, 1.807) is 6.26 Å². The van der Waals surface area contributed by atoms with Gasteiger partial charge < -0.3 is 9.73 Å². The topological polar surface area (TPSA) is 42.2 Å². The molecule has 4 rings (SSSR count). The summed E-state index contributed by atoms with van der Waals surface area (Å²) < 4.78 is 5.50. The van der Waals surface area contributed by atoms with Crippen molar-refractivity contribution < 1.29 is 9.21 Å². The highest BCUT2D eigenvalue weighted by atomic mass is 35.5. The van der Waals surface area contributed by atoms with Crippen molar-refractivity contribution in [1.82, 2.24) is 5.32 Å². The Morgan fingerprint density at radius 2 is 2.00 bits per heavy atom. The van der Waals surface area contributed by atoms with Crippen molar-refractivity contribution in [1.29, 1.82) is 0 Å². The van der Waals surface area contributed by atoms with Crippen LogP contribution in [-0.2, 0) is 16.6 Å². The molecule has 0 bridgehead atoms. The highest BCUT2D eigenvalue weighted by Crippen LogP contribution is 2.49. The van der Waals surface area contributed by atoms with Crippen molar-refractivity contribution >= 4 is 17.5 Å². The summed E-state index contributed by atoms with van der Waals surface area (Å²) in [7, 11) is 0. The molecule has 0 radical (unpaired) electrons. The molecule has 0 aliphatic heterocycles. The van der Waals surface area contributed by atoms with E-state index in [0.717, 1.165) is 49.0 Å². The van der Waals surface area contributed by atoms with Crippen LogP contribution in [0.1, 0.15) is 48.6 Å². The van der Waals surface area contributed by atoms with Gasteiger partial charge in [-0.05, 0) is 49.4 Å². The van der Waals surface area contributed by atoms with E-state index >= 15 is 0 Å². The molecule has 3 nitrogen and oxygen atoms in total. The van der Waals surface area contributed by atoms with E-state index in [9.17, 15) is 4.79 Å². The number of amides is 1. The second-order valence-electron chi connectivity index (χ2n) is 6.31. The number of fused-ring (bicyclic) bond motifs is 1. The number of nitrogens with one attached hydrogen (secondary N) is 1. The Hall–Kier alpha value is -1.74. The average molecular weight is 316 g/mol. The lowest BCUT2D eigenvalue weighted by Gasteiger charge is -2.25. The van der Waals surface area contributed by atoms with Gasteiger partial charge in [-0.15, -0.1) is 0 Å². The van der Waals surface area contributed by atoms with Crippen molar-refractivity contribution in [3.8, 4) is 0 Å². The van der Waals surface area contributed by atoms with E-state index < -0.39 is 0 Å². The first-order chi connectivity index (χ1) is 10.7. The largest absolute Gasteiger partial charge is 0.469 e. The maximum absolute atomic E-state index is 12.8. The number of furan rings is 1. The monoisotopic (exact) mass is 315 g/mol.